The zero-order valence-electron chi connectivity index (χ0n) is 29.0. The van der Waals surface area contributed by atoms with Crippen molar-refractivity contribution >= 4 is 28.9 Å². The summed E-state index contributed by atoms with van der Waals surface area (Å²) in [5.41, 5.74) is 0.0442. The van der Waals surface area contributed by atoms with Crippen LogP contribution in [0, 0.1) is 5.41 Å². The number of carboxylic acids is 1. The number of aliphatic carboxylic acids is 1. The third kappa shape index (κ3) is 8.01. The summed E-state index contributed by atoms with van der Waals surface area (Å²) in [6.07, 6.45) is 0.886. The number of nitrogens with one attached hydrogen (secondary N) is 2. The molecule has 0 radical (unpaired) electrons. The molecule has 1 aromatic heterocycles. The van der Waals surface area contributed by atoms with Gasteiger partial charge in [0, 0.05) is 48.6 Å². The number of aromatic nitrogens is 1. The molecule has 3 atom stereocenters. The van der Waals surface area contributed by atoms with Crippen LogP contribution in [0.3, 0.4) is 0 Å². The summed E-state index contributed by atoms with van der Waals surface area (Å²) in [6, 6.07) is 16.3. The van der Waals surface area contributed by atoms with Crippen molar-refractivity contribution in [3.05, 3.63) is 54.6 Å². The van der Waals surface area contributed by atoms with Crippen LogP contribution >= 0.6 is 0 Å². The molecule has 258 valence electrons. The Hall–Kier alpha value is -4.38. The number of pyridine rings is 1. The van der Waals surface area contributed by atoms with E-state index in [1.165, 1.54) is 0 Å². The van der Waals surface area contributed by atoms with Gasteiger partial charge in [-0.05, 0) is 57.6 Å². The number of hydrogen-bond donors (Lipinski definition) is 3. The lowest BCUT2D eigenvalue weighted by Crippen LogP contribution is -2.62. The molecule has 1 aliphatic heterocycles. The maximum atomic E-state index is 13.9. The van der Waals surface area contributed by atoms with Gasteiger partial charge < -0.3 is 30.0 Å². The summed E-state index contributed by atoms with van der Waals surface area (Å²) in [5.74, 6) is -0.0927. The number of fused-ring (bicyclic) bond motifs is 1. The summed E-state index contributed by atoms with van der Waals surface area (Å²) >= 11 is 0. The average molecular weight is 661 g/mol. The molecule has 1 saturated carbocycles. The van der Waals surface area contributed by atoms with Crippen molar-refractivity contribution in [3.8, 4) is 22.8 Å². The number of ether oxygens (including phenoxy) is 3. The number of nitrogens with zero attached hydrogens (tertiary/aromatic N) is 2. The Labute approximate surface area is 282 Å². The van der Waals surface area contributed by atoms with E-state index in [4.69, 9.17) is 19.2 Å². The first-order valence-electron chi connectivity index (χ1n) is 16.6. The predicted octanol–water partition coefficient (Wildman–Crippen LogP) is 5.80. The van der Waals surface area contributed by atoms with Gasteiger partial charge in [-0.25, -0.2) is 14.6 Å². The van der Waals surface area contributed by atoms with Crippen molar-refractivity contribution in [3.63, 3.8) is 0 Å². The maximum Gasteiger partial charge on any atom is 0.407 e. The molecule has 48 heavy (non-hydrogen) atoms. The van der Waals surface area contributed by atoms with Gasteiger partial charge in [-0.3, -0.25) is 9.69 Å². The Balaban J connectivity index is 1.46. The second-order valence-electron chi connectivity index (χ2n) is 15.0. The van der Waals surface area contributed by atoms with E-state index in [2.05, 4.69) is 10.6 Å². The van der Waals surface area contributed by atoms with Gasteiger partial charge in [0.2, 0.25) is 5.91 Å². The summed E-state index contributed by atoms with van der Waals surface area (Å²) < 4.78 is 17.8. The lowest BCUT2D eigenvalue weighted by atomic mass is 9.76. The van der Waals surface area contributed by atoms with Crippen LogP contribution in [0.15, 0.2) is 54.6 Å². The molecule has 1 aliphatic carbocycles. The predicted molar refractivity (Wildman–Crippen MR) is 183 cm³/mol. The molecule has 11 heteroatoms. The van der Waals surface area contributed by atoms with Gasteiger partial charge in [0.25, 0.3) is 0 Å². The fourth-order valence-electron chi connectivity index (χ4n) is 6.22. The fraction of sp³-hybridized carbons (Fsp3) is 0.514. The minimum atomic E-state index is -1.26. The second-order valence-corrected chi connectivity index (χ2v) is 15.0. The first-order chi connectivity index (χ1) is 22.6. The van der Waals surface area contributed by atoms with Crippen LogP contribution in [0.1, 0.15) is 67.2 Å². The topological polar surface area (TPSA) is 139 Å². The van der Waals surface area contributed by atoms with Crippen molar-refractivity contribution in [1.29, 1.82) is 0 Å². The Morgan fingerprint density at radius 2 is 1.75 bits per heavy atom. The number of benzene rings is 2. The second kappa shape index (κ2) is 13.6. The smallest absolute Gasteiger partial charge is 0.407 e. The molecule has 2 aromatic carbocycles. The molecule has 2 amide bonds. The number of carbonyl (C=O) groups excluding carboxylic acids is 2. The average Bonchev–Trinajstić information content (AvgIpc) is 3.39. The van der Waals surface area contributed by atoms with Crippen LogP contribution in [0.5, 0.6) is 11.5 Å². The molecule has 2 fully saturated rings. The minimum Gasteiger partial charge on any atom is -0.497 e. The fourth-order valence-corrected chi connectivity index (χ4v) is 6.22. The molecule has 0 spiro atoms. The van der Waals surface area contributed by atoms with E-state index in [1.807, 2.05) is 101 Å². The number of hydrogen-bond acceptors (Lipinski definition) is 8. The summed E-state index contributed by atoms with van der Waals surface area (Å²) in [7, 11) is 1.61. The highest BCUT2D eigenvalue weighted by atomic mass is 16.6. The van der Waals surface area contributed by atoms with E-state index in [1.54, 1.807) is 7.11 Å². The molecule has 11 nitrogen and oxygen atoms in total. The van der Waals surface area contributed by atoms with Gasteiger partial charge in [-0.1, -0.05) is 51.1 Å². The van der Waals surface area contributed by atoms with Gasteiger partial charge in [-0.15, -0.1) is 0 Å². The third-order valence-corrected chi connectivity index (χ3v) is 9.14. The molecule has 1 saturated heterocycles. The van der Waals surface area contributed by atoms with Crippen LogP contribution in [0.4, 0.5) is 4.79 Å². The molecule has 3 unspecified atom stereocenters. The van der Waals surface area contributed by atoms with E-state index in [0.29, 0.717) is 49.4 Å². The third-order valence-electron chi connectivity index (χ3n) is 9.14. The Kier molecular flexibility index (Phi) is 9.92. The van der Waals surface area contributed by atoms with Crippen LogP contribution in [0.25, 0.3) is 22.2 Å². The number of rotatable bonds is 10. The van der Waals surface area contributed by atoms with Crippen molar-refractivity contribution in [1.82, 2.24) is 20.5 Å². The standard InChI is InChI=1S/C37H48N4O7/c1-35(2,3)31(39-34(45)48-36(4,5)6)22-41-21-25(19-29(41)32(42)40-37(33(43)44)16-11-17-37)47-30-20-27(23-12-9-8-10-13-23)38-28-18-24(46-7)14-15-26(28)30/h8-10,12-15,18,20,25,29,31H,11,16-17,19,21-22H2,1-7H3,(H,39,45)(H,40,42)(H,43,44). The number of methoxy groups -OCH3 is 1. The van der Waals surface area contributed by atoms with Crippen molar-refractivity contribution < 1.29 is 33.7 Å². The van der Waals surface area contributed by atoms with Crippen LogP contribution < -0.4 is 20.1 Å². The maximum absolute atomic E-state index is 13.9. The first kappa shape index (κ1) is 34.9. The molecular formula is C37H48N4O7. The zero-order valence-corrected chi connectivity index (χ0v) is 29.0. The van der Waals surface area contributed by atoms with Crippen molar-refractivity contribution in [2.45, 2.75) is 96.6 Å². The molecular weight excluding hydrogens is 612 g/mol. The largest absolute Gasteiger partial charge is 0.497 e. The van der Waals surface area contributed by atoms with E-state index >= 15 is 0 Å². The van der Waals surface area contributed by atoms with Gasteiger partial charge in [-0.2, -0.15) is 0 Å². The number of amides is 2. The van der Waals surface area contributed by atoms with Crippen LogP contribution in [0.2, 0.25) is 0 Å². The molecule has 2 heterocycles. The van der Waals surface area contributed by atoms with E-state index in [-0.39, 0.29) is 5.91 Å². The van der Waals surface area contributed by atoms with Gasteiger partial charge >= 0.3 is 12.1 Å². The molecule has 3 N–H and O–H groups in total. The van der Waals surface area contributed by atoms with Crippen LogP contribution in [-0.4, -0.2) is 82.5 Å². The Morgan fingerprint density at radius 1 is 1.04 bits per heavy atom. The Morgan fingerprint density at radius 3 is 2.33 bits per heavy atom. The highest BCUT2D eigenvalue weighted by molar-refractivity contribution is 5.91. The molecule has 2 aliphatic rings. The lowest BCUT2D eigenvalue weighted by Gasteiger charge is -2.40. The number of carbonyl (C=O) groups is 3. The molecule has 5 rings (SSSR count). The quantitative estimate of drug-likeness (QED) is 0.246. The molecule has 3 aromatic rings. The van der Waals surface area contributed by atoms with Crippen molar-refractivity contribution in [2.75, 3.05) is 20.2 Å². The minimum absolute atomic E-state index is 0.324. The summed E-state index contributed by atoms with van der Waals surface area (Å²) in [6.45, 7) is 12.2. The summed E-state index contributed by atoms with van der Waals surface area (Å²) in [4.78, 5) is 45.9. The Bertz CT molecular complexity index is 1640. The number of alkyl carbamates (subject to hydrolysis) is 1. The van der Waals surface area contributed by atoms with E-state index < -0.39 is 46.8 Å². The highest BCUT2D eigenvalue weighted by Gasteiger charge is 2.49. The van der Waals surface area contributed by atoms with Gasteiger partial charge in [0.15, 0.2) is 0 Å². The van der Waals surface area contributed by atoms with E-state index in [0.717, 1.165) is 23.1 Å². The molecule has 0 bridgehead atoms. The summed E-state index contributed by atoms with van der Waals surface area (Å²) in [5, 5.41) is 16.7. The number of carboxylic acid groups (broad SMARTS) is 1. The lowest BCUT2D eigenvalue weighted by molar-refractivity contribution is -0.152. The SMILES string of the molecule is COc1ccc2c(OC3CC(C(=O)NC4(C(=O)O)CCC4)N(CC(NC(=O)OC(C)(C)C)C(C)(C)C)C3)cc(-c3ccccc3)nc2c1. The van der Waals surface area contributed by atoms with Crippen molar-refractivity contribution in [2.24, 2.45) is 5.41 Å². The highest BCUT2D eigenvalue weighted by Crippen LogP contribution is 2.36. The normalized spacial score (nSPS) is 20.0. The number of likely N-dealkylation sites (tertiary alicyclic amines) is 1. The zero-order chi connectivity index (χ0) is 34.9. The van der Waals surface area contributed by atoms with E-state index in [9.17, 15) is 19.5 Å². The van der Waals surface area contributed by atoms with Gasteiger partial charge in [0.1, 0.15) is 28.7 Å². The first-order valence-corrected chi connectivity index (χ1v) is 16.6. The van der Waals surface area contributed by atoms with Gasteiger partial charge in [0.05, 0.1) is 24.4 Å². The van der Waals surface area contributed by atoms with Crippen LogP contribution in [-0.2, 0) is 14.3 Å². The monoisotopic (exact) mass is 660 g/mol.